The third kappa shape index (κ3) is 3.01. The number of nitrogens with two attached hydrogens (primary N) is 1. The smallest absolute Gasteiger partial charge is 0.209 e. The Kier molecular flexibility index (Phi) is 4.20. The molecule has 1 aromatic rings. The minimum atomic E-state index is 0.462. The number of anilines is 1. The van der Waals surface area contributed by atoms with Crippen molar-refractivity contribution in [3.05, 3.63) is 29.8 Å². The van der Waals surface area contributed by atoms with E-state index in [9.17, 15) is 4.79 Å². The van der Waals surface area contributed by atoms with E-state index in [1.54, 1.807) is 0 Å². The van der Waals surface area contributed by atoms with Crippen LogP contribution in [0.25, 0.3) is 0 Å². The number of hydrogen-bond donors (Lipinski definition) is 1. The molecule has 1 aliphatic rings. The molecular weight excluding hydrogens is 226 g/mol. The fourth-order valence-electron chi connectivity index (χ4n) is 2.45. The Hall–Kier alpha value is -1.55. The van der Waals surface area contributed by atoms with E-state index in [4.69, 9.17) is 5.73 Å². The summed E-state index contributed by atoms with van der Waals surface area (Å²) in [5.74, 6) is 0. The number of carbonyl (C=O) groups is 1. The van der Waals surface area contributed by atoms with Crippen LogP contribution < -0.4 is 5.73 Å². The van der Waals surface area contributed by atoms with Gasteiger partial charge in [-0.2, -0.15) is 0 Å². The summed E-state index contributed by atoms with van der Waals surface area (Å²) >= 11 is 0. The predicted molar refractivity (Wildman–Crippen MR) is 73.2 cm³/mol. The summed E-state index contributed by atoms with van der Waals surface area (Å²) in [6, 6.07) is 8.50. The highest BCUT2D eigenvalue weighted by atomic mass is 16.1. The average Bonchev–Trinajstić information content (AvgIpc) is 2.41. The van der Waals surface area contributed by atoms with E-state index in [1.807, 2.05) is 23.1 Å². The first-order chi connectivity index (χ1) is 8.70. The summed E-state index contributed by atoms with van der Waals surface area (Å²) in [5, 5.41) is 0. The van der Waals surface area contributed by atoms with Crippen LogP contribution in [0.15, 0.2) is 24.3 Å². The second-order valence-corrected chi connectivity index (χ2v) is 4.93. The summed E-state index contributed by atoms with van der Waals surface area (Å²) < 4.78 is 0. The summed E-state index contributed by atoms with van der Waals surface area (Å²) in [6.45, 7) is 5.79. The first kappa shape index (κ1) is 12.9. The normalized spacial score (nSPS) is 18.6. The van der Waals surface area contributed by atoms with Crippen LogP contribution in [0, 0.1) is 0 Å². The highest BCUT2D eigenvalue weighted by molar-refractivity contribution is 5.47. The minimum absolute atomic E-state index is 0.462. The molecule has 4 heteroatoms. The number of amides is 1. The quantitative estimate of drug-likeness (QED) is 0.637. The topological polar surface area (TPSA) is 49.6 Å². The van der Waals surface area contributed by atoms with Gasteiger partial charge in [0.25, 0.3) is 0 Å². The van der Waals surface area contributed by atoms with E-state index < -0.39 is 0 Å². The molecule has 4 nitrogen and oxygen atoms in total. The molecule has 0 aliphatic carbocycles. The van der Waals surface area contributed by atoms with Crippen LogP contribution >= 0.6 is 0 Å². The number of hydrogen-bond acceptors (Lipinski definition) is 3. The highest BCUT2D eigenvalue weighted by Crippen LogP contribution is 2.16. The van der Waals surface area contributed by atoms with Crippen molar-refractivity contribution >= 4 is 12.1 Å². The van der Waals surface area contributed by atoms with Gasteiger partial charge in [-0.1, -0.05) is 18.2 Å². The largest absolute Gasteiger partial charge is 0.399 e. The van der Waals surface area contributed by atoms with Gasteiger partial charge in [0.2, 0.25) is 6.41 Å². The summed E-state index contributed by atoms with van der Waals surface area (Å²) in [4.78, 5) is 14.9. The maximum absolute atomic E-state index is 10.7. The number of para-hydroxylation sites is 1. The lowest BCUT2D eigenvalue weighted by Gasteiger charge is -2.36. The van der Waals surface area contributed by atoms with E-state index in [0.717, 1.165) is 44.7 Å². The van der Waals surface area contributed by atoms with Crippen molar-refractivity contribution in [3.63, 3.8) is 0 Å². The summed E-state index contributed by atoms with van der Waals surface area (Å²) in [5.41, 5.74) is 8.05. The molecule has 1 fully saturated rings. The molecule has 0 spiro atoms. The van der Waals surface area contributed by atoms with Crippen molar-refractivity contribution in [1.82, 2.24) is 9.80 Å². The second-order valence-electron chi connectivity index (χ2n) is 4.93. The summed E-state index contributed by atoms with van der Waals surface area (Å²) in [7, 11) is 0. The molecule has 18 heavy (non-hydrogen) atoms. The zero-order valence-electron chi connectivity index (χ0n) is 10.9. The van der Waals surface area contributed by atoms with Crippen molar-refractivity contribution in [2.75, 3.05) is 31.9 Å². The van der Waals surface area contributed by atoms with Crippen molar-refractivity contribution in [2.45, 2.75) is 19.4 Å². The number of benzene rings is 1. The van der Waals surface area contributed by atoms with Crippen molar-refractivity contribution in [2.24, 2.45) is 0 Å². The zero-order chi connectivity index (χ0) is 13.0. The van der Waals surface area contributed by atoms with Gasteiger partial charge in [0, 0.05) is 37.9 Å². The molecule has 0 saturated carbocycles. The van der Waals surface area contributed by atoms with Gasteiger partial charge < -0.3 is 10.6 Å². The van der Waals surface area contributed by atoms with E-state index in [2.05, 4.69) is 17.9 Å². The molecule has 1 amide bonds. The van der Waals surface area contributed by atoms with Gasteiger partial charge in [-0.15, -0.1) is 0 Å². The van der Waals surface area contributed by atoms with Gasteiger partial charge in [-0.05, 0) is 25.0 Å². The maximum atomic E-state index is 10.7. The van der Waals surface area contributed by atoms with Crippen molar-refractivity contribution in [1.29, 1.82) is 0 Å². The van der Waals surface area contributed by atoms with Gasteiger partial charge in [-0.25, -0.2) is 0 Å². The Labute approximate surface area is 108 Å². The first-order valence-electron chi connectivity index (χ1n) is 6.47. The van der Waals surface area contributed by atoms with Gasteiger partial charge in [0.05, 0.1) is 0 Å². The predicted octanol–water partition coefficient (Wildman–Crippen LogP) is 0.974. The molecule has 1 heterocycles. The Bertz CT molecular complexity index is 400. The molecule has 1 aromatic carbocycles. The lowest BCUT2D eigenvalue weighted by Crippen LogP contribution is -2.49. The Balaban J connectivity index is 1.91. The van der Waals surface area contributed by atoms with Crippen LogP contribution in [-0.4, -0.2) is 48.4 Å². The monoisotopic (exact) mass is 247 g/mol. The van der Waals surface area contributed by atoms with Crippen molar-refractivity contribution in [3.8, 4) is 0 Å². The number of rotatable bonds is 4. The maximum Gasteiger partial charge on any atom is 0.209 e. The third-order valence-electron chi connectivity index (χ3n) is 3.69. The lowest BCUT2D eigenvalue weighted by molar-refractivity contribution is -0.120. The lowest BCUT2D eigenvalue weighted by atomic mass is 10.0. The van der Waals surface area contributed by atoms with E-state index in [-0.39, 0.29) is 0 Å². The fraction of sp³-hybridized carbons (Fsp3) is 0.500. The number of piperazine rings is 1. The molecule has 0 bridgehead atoms. The zero-order valence-corrected chi connectivity index (χ0v) is 10.9. The van der Waals surface area contributed by atoms with E-state index in [0.29, 0.717) is 6.04 Å². The molecule has 1 aliphatic heterocycles. The van der Waals surface area contributed by atoms with Crippen LogP contribution in [0.2, 0.25) is 0 Å². The molecule has 0 aromatic heterocycles. The Morgan fingerprint density at radius 1 is 1.28 bits per heavy atom. The summed E-state index contributed by atoms with van der Waals surface area (Å²) in [6.07, 6.45) is 1.91. The Morgan fingerprint density at radius 3 is 2.56 bits per heavy atom. The molecule has 0 radical (unpaired) electrons. The minimum Gasteiger partial charge on any atom is -0.399 e. The van der Waals surface area contributed by atoms with Crippen LogP contribution in [0.1, 0.15) is 12.5 Å². The SMILES string of the molecule is CC(Cc1ccccc1N)N1CCN(C=O)CC1. The third-order valence-corrected chi connectivity index (χ3v) is 3.69. The fourth-order valence-corrected chi connectivity index (χ4v) is 2.45. The van der Waals surface area contributed by atoms with Gasteiger partial charge in [0.15, 0.2) is 0 Å². The van der Waals surface area contributed by atoms with E-state index >= 15 is 0 Å². The van der Waals surface area contributed by atoms with Crippen molar-refractivity contribution < 1.29 is 4.79 Å². The average molecular weight is 247 g/mol. The van der Waals surface area contributed by atoms with Crippen LogP contribution in [0.4, 0.5) is 5.69 Å². The molecule has 2 rings (SSSR count). The molecule has 1 saturated heterocycles. The van der Waals surface area contributed by atoms with Gasteiger partial charge in [0.1, 0.15) is 0 Å². The molecule has 1 atom stereocenters. The van der Waals surface area contributed by atoms with Gasteiger partial charge in [-0.3, -0.25) is 9.69 Å². The molecule has 98 valence electrons. The standard InChI is InChI=1S/C14H21N3O/c1-12(10-13-4-2-3-5-14(13)15)17-8-6-16(11-18)7-9-17/h2-5,11-12H,6-10,15H2,1H3. The number of nitrogens with zero attached hydrogens (tertiary/aromatic N) is 2. The number of carbonyl (C=O) groups excluding carboxylic acids is 1. The van der Waals surface area contributed by atoms with Crippen LogP contribution in [0.5, 0.6) is 0 Å². The second kappa shape index (κ2) is 5.87. The molecular formula is C14H21N3O. The molecule has 1 unspecified atom stereocenters. The highest BCUT2D eigenvalue weighted by Gasteiger charge is 2.20. The van der Waals surface area contributed by atoms with Crippen LogP contribution in [-0.2, 0) is 11.2 Å². The van der Waals surface area contributed by atoms with Crippen LogP contribution in [0.3, 0.4) is 0 Å². The number of nitrogen functional groups attached to an aromatic ring is 1. The first-order valence-corrected chi connectivity index (χ1v) is 6.47. The molecule has 2 N–H and O–H groups in total. The van der Waals surface area contributed by atoms with Gasteiger partial charge >= 0.3 is 0 Å². The Morgan fingerprint density at radius 2 is 1.94 bits per heavy atom. The van der Waals surface area contributed by atoms with E-state index in [1.165, 1.54) is 5.56 Å².